The first-order valence-corrected chi connectivity index (χ1v) is 7.37. The Hall–Kier alpha value is -1.11. The third-order valence-electron chi connectivity index (χ3n) is 2.28. The van der Waals surface area contributed by atoms with Crippen molar-refractivity contribution in [2.24, 2.45) is 0 Å². The summed E-state index contributed by atoms with van der Waals surface area (Å²) in [5.41, 5.74) is 1.56. The number of benzene rings is 1. The summed E-state index contributed by atoms with van der Waals surface area (Å²) < 4.78 is 5.41. The molecular weight excluding hydrogens is 352 g/mol. The van der Waals surface area contributed by atoms with Gasteiger partial charge in [-0.3, -0.25) is 4.79 Å². The molecule has 0 fully saturated rings. The maximum atomic E-state index is 11.1. The average molecular weight is 362 g/mol. The van der Waals surface area contributed by atoms with Crippen LogP contribution in [0.15, 0.2) is 28.1 Å². The van der Waals surface area contributed by atoms with E-state index in [1.165, 1.54) is 18.4 Å². The Bertz CT molecular complexity index is 603. The Labute approximate surface area is 127 Å². The Morgan fingerprint density at radius 2 is 2.37 bits per heavy atom. The van der Waals surface area contributed by atoms with E-state index in [4.69, 9.17) is 11.6 Å². The number of nitrogens with zero attached hydrogens (tertiary/aromatic N) is 1. The second kappa shape index (κ2) is 6.36. The highest BCUT2D eigenvalue weighted by Gasteiger charge is 2.08. The van der Waals surface area contributed by atoms with E-state index < -0.39 is 0 Å². The van der Waals surface area contributed by atoms with Crippen LogP contribution in [0.1, 0.15) is 5.69 Å². The topological polar surface area (TPSA) is 51.2 Å². The van der Waals surface area contributed by atoms with Gasteiger partial charge in [-0.1, -0.05) is 11.6 Å². The third-order valence-corrected chi connectivity index (χ3v) is 4.30. The molecule has 0 saturated heterocycles. The van der Waals surface area contributed by atoms with Gasteiger partial charge in [0.2, 0.25) is 0 Å². The van der Waals surface area contributed by atoms with Gasteiger partial charge < -0.3 is 10.1 Å². The largest absolute Gasteiger partial charge is 0.469 e. The lowest BCUT2D eigenvalue weighted by atomic mass is 10.3. The van der Waals surface area contributed by atoms with Crippen LogP contribution < -0.4 is 5.32 Å². The molecule has 0 unspecified atom stereocenters. The SMILES string of the molecule is COC(=O)Cc1csc(Nc2ccc(Cl)c(Br)c2)n1. The highest BCUT2D eigenvalue weighted by Crippen LogP contribution is 2.28. The zero-order valence-corrected chi connectivity index (χ0v) is 13.1. The lowest BCUT2D eigenvalue weighted by Crippen LogP contribution is -2.04. The minimum Gasteiger partial charge on any atom is -0.469 e. The van der Waals surface area contributed by atoms with Crippen LogP contribution in [-0.2, 0) is 16.0 Å². The Balaban J connectivity index is 2.07. The molecule has 0 saturated carbocycles. The zero-order chi connectivity index (χ0) is 13.8. The minimum absolute atomic E-state index is 0.180. The molecular formula is C12H10BrClN2O2S. The van der Waals surface area contributed by atoms with Crippen LogP contribution in [0.2, 0.25) is 5.02 Å². The van der Waals surface area contributed by atoms with Crippen molar-refractivity contribution in [2.75, 3.05) is 12.4 Å². The van der Waals surface area contributed by atoms with E-state index in [1.54, 1.807) is 6.07 Å². The van der Waals surface area contributed by atoms with E-state index in [-0.39, 0.29) is 12.4 Å². The van der Waals surface area contributed by atoms with Gasteiger partial charge in [0, 0.05) is 15.5 Å². The van der Waals surface area contributed by atoms with Crippen molar-refractivity contribution in [1.29, 1.82) is 0 Å². The summed E-state index contributed by atoms with van der Waals surface area (Å²) >= 11 is 10.7. The summed E-state index contributed by atoms with van der Waals surface area (Å²) in [6.45, 7) is 0. The van der Waals surface area contributed by atoms with Crippen LogP contribution in [0, 0.1) is 0 Å². The van der Waals surface area contributed by atoms with Crippen LogP contribution in [0.3, 0.4) is 0 Å². The molecule has 0 atom stereocenters. The molecule has 1 aromatic heterocycles. The quantitative estimate of drug-likeness (QED) is 0.836. The number of carbonyl (C=O) groups excluding carboxylic acids is 1. The fourth-order valence-corrected chi connectivity index (χ4v) is 2.59. The molecule has 0 amide bonds. The summed E-state index contributed by atoms with van der Waals surface area (Å²) in [7, 11) is 1.36. The van der Waals surface area contributed by atoms with E-state index >= 15 is 0 Å². The van der Waals surface area contributed by atoms with Gasteiger partial charge in [0.25, 0.3) is 0 Å². The summed E-state index contributed by atoms with van der Waals surface area (Å²) in [6.07, 6.45) is 0.180. The van der Waals surface area contributed by atoms with Gasteiger partial charge in [0.1, 0.15) is 0 Å². The molecule has 0 spiro atoms. The molecule has 0 bridgehead atoms. The van der Waals surface area contributed by atoms with Gasteiger partial charge in [-0.05, 0) is 34.1 Å². The van der Waals surface area contributed by atoms with Crippen LogP contribution in [0.25, 0.3) is 0 Å². The maximum Gasteiger partial charge on any atom is 0.311 e. The number of anilines is 2. The normalized spacial score (nSPS) is 10.3. The summed E-state index contributed by atoms with van der Waals surface area (Å²) in [6, 6.07) is 5.51. The Kier molecular flexibility index (Phi) is 4.79. The Morgan fingerprint density at radius 1 is 1.58 bits per heavy atom. The highest BCUT2D eigenvalue weighted by atomic mass is 79.9. The van der Waals surface area contributed by atoms with E-state index in [1.807, 2.05) is 17.5 Å². The monoisotopic (exact) mass is 360 g/mol. The van der Waals surface area contributed by atoms with E-state index in [0.29, 0.717) is 15.8 Å². The van der Waals surface area contributed by atoms with Crippen molar-refractivity contribution in [1.82, 2.24) is 4.98 Å². The molecule has 2 aromatic rings. The predicted molar refractivity (Wildman–Crippen MR) is 80.3 cm³/mol. The van der Waals surface area contributed by atoms with Gasteiger partial charge in [-0.15, -0.1) is 11.3 Å². The molecule has 0 radical (unpaired) electrons. The molecule has 1 heterocycles. The number of carbonyl (C=O) groups is 1. The van der Waals surface area contributed by atoms with Gasteiger partial charge in [0.05, 0.1) is 24.2 Å². The molecule has 0 aliphatic rings. The lowest BCUT2D eigenvalue weighted by molar-refractivity contribution is -0.139. The standard InChI is InChI=1S/C12H10BrClN2O2S/c1-18-11(17)5-8-6-19-12(16-8)15-7-2-3-10(14)9(13)4-7/h2-4,6H,5H2,1H3,(H,15,16). The molecule has 1 N–H and O–H groups in total. The van der Waals surface area contributed by atoms with Crippen LogP contribution >= 0.6 is 38.9 Å². The lowest BCUT2D eigenvalue weighted by Gasteiger charge is -2.03. The number of rotatable bonds is 4. The number of hydrogen-bond acceptors (Lipinski definition) is 5. The van der Waals surface area contributed by atoms with Crippen molar-refractivity contribution < 1.29 is 9.53 Å². The molecule has 100 valence electrons. The number of halogens is 2. The van der Waals surface area contributed by atoms with Crippen molar-refractivity contribution in [2.45, 2.75) is 6.42 Å². The van der Waals surface area contributed by atoms with Gasteiger partial charge >= 0.3 is 5.97 Å². The van der Waals surface area contributed by atoms with Gasteiger partial charge in [-0.25, -0.2) is 4.98 Å². The number of aromatic nitrogens is 1. The number of ether oxygens (including phenoxy) is 1. The molecule has 7 heteroatoms. The van der Waals surface area contributed by atoms with Crippen LogP contribution in [-0.4, -0.2) is 18.1 Å². The summed E-state index contributed by atoms with van der Waals surface area (Å²) in [5, 5.41) is 6.34. The molecule has 0 aliphatic carbocycles. The smallest absolute Gasteiger partial charge is 0.311 e. The fraction of sp³-hybridized carbons (Fsp3) is 0.167. The highest BCUT2D eigenvalue weighted by molar-refractivity contribution is 9.10. The zero-order valence-electron chi connectivity index (χ0n) is 9.94. The molecule has 0 aliphatic heterocycles. The average Bonchev–Trinajstić information content (AvgIpc) is 2.81. The number of methoxy groups -OCH3 is 1. The van der Waals surface area contributed by atoms with E-state index in [9.17, 15) is 4.79 Å². The molecule has 19 heavy (non-hydrogen) atoms. The first-order valence-electron chi connectivity index (χ1n) is 5.32. The predicted octanol–water partition coefficient (Wildman–Crippen LogP) is 4.02. The van der Waals surface area contributed by atoms with Crippen LogP contribution in [0.4, 0.5) is 10.8 Å². The second-order valence-corrected chi connectivity index (χ2v) is 5.77. The molecule has 1 aromatic carbocycles. The number of hydrogen-bond donors (Lipinski definition) is 1. The molecule has 4 nitrogen and oxygen atoms in total. The Morgan fingerprint density at radius 3 is 3.05 bits per heavy atom. The summed E-state index contributed by atoms with van der Waals surface area (Å²) in [4.78, 5) is 15.4. The van der Waals surface area contributed by atoms with Crippen molar-refractivity contribution >= 4 is 55.7 Å². The fourth-order valence-electron chi connectivity index (χ4n) is 1.36. The van der Waals surface area contributed by atoms with Gasteiger partial charge in [-0.2, -0.15) is 0 Å². The summed E-state index contributed by atoms with van der Waals surface area (Å²) in [5.74, 6) is -0.300. The third kappa shape index (κ3) is 3.92. The van der Waals surface area contributed by atoms with E-state index in [0.717, 1.165) is 10.2 Å². The number of esters is 1. The van der Waals surface area contributed by atoms with Crippen molar-refractivity contribution in [3.05, 3.63) is 38.8 Å². The maximum absolute atomic E-state index is 11.1. The van der Waals surface area contributed by atoms with Gasteiger partial charge in [0.15, 0.2) is 5.13 Å². The second-order valence-electron chi connectivity index (χ2n) is 3.65. The van der Waals surface area contributed by atoms with Crippen molar-refractivity contribution in [3.63, 3.8) is 0 Å². The van der Waals surface area contributed by atoms with Crippen molar-refractivity contribution in [3.8, 4) is 0 Å². The van der Waals surface area contributed by atoms with E-state index in [2.05, 4.69) is 31.0 Å². The minimum atomic E-state index is -0.300. The first kappa shape index (κ1) is 14.3. The molecule has 2 rings (SSSR count). The number of thiazole rings is 1. The first-order chi connectivity index (χ1) is 9.08. The number of nitrogens with one attached hydrogen (secondary N) is 1. The van der Waals surface area contributed by atoms with Crippen LogP contribution in [0.5, 0.6) is 0 Å².